The maximum atomic E-state index is 14.3. The number of fused-ring (bicyclic) bond motifs is 2. The second kappa shape index (κ2) is 12.7. The predicted octanol–water partition coefficient (Wildman–Crippen LogP) is 5.59. The third kappa shape index (κ3) is 5.85. The van der Waals surface area contributed by atoms with Gasteiger partial charge in [0.05, 0.1) is 29.0 Å². The van der Waals surface area contributed by atoms with Crippen LogP contribution in [-0.4, -0.2) is 46.8 Å². The lowest BCUT2D eigenvalue weighted by Crippen LogP contribution is -2.29. The van der Waals surface area contributed by atoms with Crippen molar-refractivity contribution in [3.63, 3.8) is 0 Å². The molecule has 0 saturated carbocycles. The van der Waals surface area contributed by atoms with E-state index in [1.54, 1.807) is 10.9 Å². The molecule has 1 aliphatic heterocycles. The maximum absolute atomic E-state index is 14.3. The summed E-state index contributed by atoms with van der Waals surface area (Å²) < 4.78 is 9.62. The van der Waals surface area contributed by atoms with E-state index >= 15 is 0 Å². The molecule has 0 amide bonds. The summed E-state index contributed by atoms with van der Waals surface area (Å²) in [5.74, 6) is 0.312. The third-order valence-electron chi connectivity index (χ3n) is 7.97. The van der Waals surface area contributed by atoms with E-state index < -0.39 is 5.97 Å². The van der Waals surface area contributed by atoms with E-state index in [0.717, 1.165) is 24.8 Å². The van der Waals surface area contributed by atoms with Gasteiger partial charge in [-0.3, -0.25) is 18.7 Å². The van der Waals surface area contributed by atoms with E-state index in [1.165, 1.54) is 6.33 Å². The van der Waals surface area contributed by atoms with Gasteiger partial charge in [0.25, 0.3) is 5.56 Å². The summed E-state index contributed by atoms with van der Waals surface area (Å²) in [6.45, 7) is 2.75. The predicted molar refractivity (Wildman–Crippen MR) is 163 cm³/mol. The highest BCUT2D eigenvalue weighted by molar-refractivity contribution is 5.84. The molecule has 11 heteroatoms. The highest BCUT2D eigenvalue weighted by atomic mass is 16.5. The molecule has 11 nitrogen and oxygen atoms in total. The average molecular weight is 582 g/mol. The number of para-hydroxylation sites is 1. The summed E-state index contributed by atoms with van der Waals surface area (Å²) >= 11 is 0. The van der Waals surface area contributed by atoms with Crippen LogP contribution in [0.4, 0.5) is 5.82 Å². The van der Waals surface area contributed by atoms with E-state index in [4.69, 9.17) is 14.8 Å². The van der Waals surface area contributed by atoms with Crippen molar-refractivity contribution >= 4 is 33.9 Å². The van der Waals surface area contributed by atoms with E-state index in [-0.39, 0.29) is 24.2 Å². The first-order valence-corrected chi connectivity index (χ1v) is 14.9. The zero-order chi connectivity index (χ0) is 29.8. The van der Waals surface area contributed by atoms with Gasteiger partial charge in [-0.1, -0.05) is 37.3 Å². The van der Waals surface area contributed by atoms with Gasteiger partial charge in [0.1, 0.15) is 18.4 Å². The molecule has 1 fully saturated rings. The monoisotopic (exact) mass is 581 g/mol. The average Bonchev–Trinajstić information content (AvgIpc) is 3.48. The molecule has 0 aliphatic carbocycles. The van der Waals surface area contributed by atoms with Gasteiger partial charge >= 0.3 is 5.97 Å². The highest BCUT2D eigenvalue weighted by Crippen LogP contribution is 2.30. The number of anilines is 1. The highest BCUT2D eigenvalue weighted by Gasteiger charge is 2.25. The molecule has 1 unspecified atom stereocenters. The number of aromatic nitrogens is 6. The molecule has 1 saturated heterocycles. The van der Waals surface area contributed by atoms with Gasteiger partial charge in [0.2, 0.25) is 0 Å². The lowest BCUT2D eigenvalue weighted by Gasteiger charge is -2.24. The smallest absolute Gasteiger partial charge is 0.303 e. The molecule has 6 rings (SSSR count). The van der Waals surface area contributed by atoms with Crippen LogP contribution < -0.4 is 10.9 Å². The molecular formula is C32H35N7O4. The van der Waals surface area contributed by atoms with Crippen LogP contribution >= 0.6 is 0 Å². The molecule has 2 N–H and O–H groups in total. The largest absolute Gasteiger partial charge is 0.481 e. The number of benzene rings is 2. The van der Waals surface area contributed by atoms with Gasteiger partial charge in [-0.15, -0.1) is 0 Å². The number of aryl methyl sites for hydroxylation is 1. The molecule has 1 aliphatic rings. The van der Waals surface area contributed by atoms with Gasteiger partial charge < -0.3 is 15.2 Å². The lowest BCUT2D eigenvalue weighted by molar-refractivity contribution is -0.137. The van der Waals surface area contributed by atoms with Crippen LogP contribution in [0.5, 0.6) is 0 Å². The molecule has 43 heavy (non-hydrogen) atoms. The molecule has 0 spiro atoms. The van der Waals surface area contributed by atoms with Crippen molar-refractivity contribution in [2.75, 3.05) is 11.9 Å². The van der Waals surface area contributed by atoms with Crippen molar-refractivity contribution in [3.05, 3.63) is 82.9 Å². The van der Waals surface area contributed by atoms with Gasteiger partial charge in [-0.05, 0) is 68.7 Å². The summed E-state index contributed by atoms with van der Waals surface area (Å²) in [4.78, 5) is 44.1. The Morgan fingerprint density at radius 2 is 1.95 bits per heavy atom. The van der Waals surface area contributed by atoms with Crippen LogP contribution in [0.3, 0.4) is 0 Å². The Morgan fingerprint density at radius 3 is 2.72 bits per heavy atom. The number of nitrogens with zero attached hydrogens (tertiary/aromatic N) is 6. The van der Waals surface area contributed by atoms with Crippen molar-refractivity contribution in [2.24, 2.45) is 0 Å². The van der Waals surface area contributed by atoms with Crippen LogP contribution in [0.25, 0.3) is 27.8 Å². The molecular weight excluding hydrogens is 546 g/mol. The van der Waals surface area contributed by atoms with E-state index in [1.807, 2.05) is 60.0 Å². The summed E-state index contributed by atoms with van der Waals surface area (Å²) in [6.07, 6.45) is 8.75. The Kier molecular flexibility index (Phi) is 8.41. The molecule has 4 heterocycles. The van der Waals surface area contributed by atoms with Crippen molar-refractivity contribution in [3.8, 4) is 5.69 Å². The Hall–Kier alpha value is -4.64. The van der Waals surface area contributed by atoms with Crippen molar-refractivity contribution in [1.29, 1.82) is 0 Å². The number of ether oxygens (including phenoxy) is 1. The SMILES string of the molecule is CC[C@H](Nc1ncnc2c1ncn2C1CCCCO1)c1nc2cccc(CCCCC(=O)O)c2c(=O)n1-c1ccccc1. The second-order valence-electron chi connectivity index (χ2n) is 10.8. The second-order valence-corrected chi connectivity index (χ2v) is 10.8. The Morgan fingerprint density at radius 1 is 1.09 bits per heavy atom. The minimum Gasteiger partial charge on any atom is -0.481 e. The number of aliphatic carboxylic acids is 1. The van der Waals surface area contributed by atoms with Crippen LogP contribution in [0.15, 0.2) is 66.0 Å². The first-order valence-electron chi connectivity index (χ1n) is 14.9. The summed E-state index contributed by atoms with van der Waals surface area (Å²) in [6, 6.07) is 14.8. The number of carboxylic acids is 1. The number of unbranched alkanes of at least 4 members (excludes halogenated alkanes) is 1. The van der Waals surface area contributed by atoms with Crippen LogP contribution in [0.1, 0.15) is 75.5 Å². The number of carboxylic acid groups (broad SMARTS) is 1. The minimum absolute atomic E-state index is 0.104. The Labute approximate surface area is 248 Å². The van der Waals surface area contributed by atoms with Gasteiger partial charge in [-0.2, -0.15) is 0 Å². The van der Waals surface area contributed by atoms with E-state index in [0.29, 0.717) is 71.7 Å². The summed E-state index contributed by atoms with van der Waals surface area (Å²) in [5, 5.41) is 13.1. The maximum Gasteiger partial charge on any atom is 0.303 e. The molecule has 0 bridgehead atoms. The number of imidazole rings is 1. The summed E-state index contributed by atoms with van der Waals surface area (Å²) in [7, 11) is 0. The summed E-state index contributed by atoms with van der Waals surface area (Å²) in [5.41, 5.74) is 3.35. The molecule has 2 aromatic carbocycles. The van der Waals surface area contributed by atoms with Gasteiger partial charge in [0.15, 0.2) is 17.0 Å². The topological polar surface area (TPSA) is 137 Å². The van der Waals surface area contributed by atoms with Crippen LogP contribution in [0, 0.1) is 0 Å². The number of hydrogen-bond acceptors (Lipinski definition) is 8. The zero-order valence-electron chi connectivity index (χ0n) is 24.1. The fraction of sp³-hybridized carbons (Fsp3) is 0.375. The van der Waals surface area contributed by atoms with Crippen molar-refractivity contribution in [2.45, 2.75) is 70.6 Å². The van der Waals surface area contributed by atoms with Crippen molar-refractivity contribution < 1.29 is 14.6 Å². The van der Waals surface area contributed by atoms with Crippen molar-refractivity contribution in [1.82, 2.24) is 29.1 Å². The van der Waals surface area contributed by atoms with Crippen LogP contribution in [0.2, 0.25) is 0 Å². The fourth-order valence-electron chi connectivity index (χ4n) is 5.80. The lowest BCUT2D eigenvalue weighted by atomic mass is 10.0. The molecule has 222 valence electrons. The third-order valence-corrected chi connectivity index (χ3v) is 7.97. The normalized spacial score (nSPS) is 16.0. The number of hydrogen-bond donors (Lipinski definition) is 2. The number of carbonyl (C=O) groups is 1. The van der Waals surface area contributed by atoms with E-state index in [9.17, 15) is 9.59 Å². The Bertz CT molecular complexity index is 1790. The van der Waals surface area contributed by atoms with E-state index in [2.05, 4.69) is 20.3 Å². The van der Waals surface area contributed by atoms with Gasteiger partial charge in [-0.25, -0.2) is 19.9 Å². The zero-order valence-corrected chi connectivity index (χ0v) is 24.1. The quantitative estimate of drug-likeness (QED) is 0.191. The fourth-order valence-corrected chi connectivity index (χ4v) is 5.80. The molecule has 5 aromatic rings. The first-order chi connectivity index (χ1) is 21.0. The first kappa shape index (κ1) is 28.5. The molecule has 2 atom stereocenters. The van der Waals surface area contributed by atoms with Crippen LogP contribution in [-0.2, 0) is 16.0 Å². The number of nitrogens with one attached hydrogen (secondary N) is 1. The molecule has 3 aromatic heterocycles. The Balaban J connectivity index is 1.42. The minimum atomic E-state index is -0.816. The molecule has 0 radical (unpaired) electrons. The van der Waals surface area contributed by atoms with Gasteiger partial charge in [0, 0.05) is 13.0 Å². The standard InChI is InChI=1S/C32H35N7O4/c1-2-23(36-29-28-31(34-19-33-29)38(20-35-28)25-16-8-9-18-43-25)30-37-24-15-10-12-21(11-6-7-17-26(40)41)27(24)32(42)39(30)22-13-4-3-5-14-22/h3-5,10,12-15,19-20,23,25H,2,6-9,11,16-18H2,1H3,(H,40,41)(H,33,34,36)/t23-,25?/m0/s1. The number of rotatable bonds is 11.